The summed E-state index contributed by atoms with van der Waals surface area (Å²) < 4.78 is 5.90. The summed E-state index contributed by atoms with van der Waals surface area (Å²) in [7, 11) is 0. The zero-order valence-corrected chi connectivity index (χ0v) is 15.1. The highest BCUT2D eigenvalue weighted by atomic mass is 16.5. The molecule has 2 heterocycles. The number of nitrogens with one attached hydrogen (secondary N) is 1. The van der Waals surface area contributed by atoms with Crippen LogP contribution in [-0.4, -0.2) is 29.0 Å². The minimum atomic E-state index is -0.182. The second-order valence-electron chi connectivity index (χ2n) is 6.20. The van der Waals surface area contributed by atoms with E-state index in [1.807, 2.05) is 30.3 Å². The van der Waals surface area contributed by atoms with Crippen molar-refractivity contribution in [1.82, 2.24) is 9.97 Å². The second-order valence-corrected chi connectivity index (χ2v) is 6.20. The van der Waals surface area contributed by atoms with Crippen LogP contribution in [0.2, 0.25) is 0 Å². The van der Waals surface area contributed by atoms with Crippen molar-refractivity contribution in [2.75, 3.05) is 23.4 Å². The van der Waals surface area contributed by atoms with E-state index >= 15 is 0 Å². The van der Waals surface area contributed by atoms with Crippen molar-refractivity contribution in [3.63, 3.8) is 0 Å². The van der Waals surface area contributed by atoms with E-state index in [9.17, 15) is 10.1 Å². The van der Waals surface area contributed by atoms with E-state index in [1.54, 1.807) is 11.0 Å². The minimum absolute atomic E-state index is 0.182. The Hall–Kier alpha value is -3.92. The Bertz CT molecular complexity index is 1120. The molecule has 1 aliphatic heterocycles. The van der Waals surface area contributed by atoms with Crippen LogP contribution in [0.25, 0.3) is 10.9 Å². The summed E-state index contributed by atoms with van der Waals surface area (Å²) >= 11 is 0. The number of benzene rings is 2. The van der Waals surface area contributed by atoms with Crippen LogP contribution in [0.1, 0.15) is 11.1 Å². The number of amides is 1. The number of hydrogen-bond donors (Lipinski definition) is 1. The largest absolute Gasteiger partial charge is 0.489 e. The van der Waals surface area contributed by atoms with Crippen LogP contribution in [0.5, 0.6) is 5.75 Å². The molecule has 0 atom stereocenters. The Morgan fingerprint density at radius 3 is 3.00 bits per heavy atom. The maximum Gasteiger partial charge on any atom is 0.250 e. The molecule has 0 saturated heterocycles. The highest BCUT2D eigenvalue weighted by Crippen LogP contribution is 2.40. The molecule has 3 aromatic rings. The predicted molar refractivity (Wildman–Crippen MR) is 106 cm³/mol. The van der Waals surface area contributed by atoms with Gasteiger partial charge in [-0.25, -0.2) is 9.97 Å². The van der Waals surface area contributed by atoms with Crippen LogP contribution in [-0.2, 0) is 11.3 Å². The maximum absolute atomic E-state index is 12.2. The predicted octanol–water partition coefficient (Wildman–Crippen LogP) is 3.02. The van der Waals surface area contributed by atoms with Gasteiger partial charge in [-0.1, -0.05) is 24.8 Å². The average Bonchev–Trinajstić information content (AvgIpc) is 2.76. The number of fused-ring (bicyclic) bond motifs is 3. The summed E-state index contributed by atoms with van der Waals surface area (Å²) in [6.45, 7) is 4.82. The standard InChI is InChI=1S/C21H17N5O2/c1-2-18(27)26-9-10-28-20-17(26)8-7-16-19(20)21(25-13-24-16)23-12-15-6-4-3-5-14(15)11-22/h2-8,13H,1,9-10,12H2,(H,23,24,25). The molecule has 1 aromatic heterocycles. The average molecular weight is 371 g/mol. The summed E-state index contributed by atoms with van der Waals surface area (Å²) in [5.41, 5.74) is 2.84. The van der Waals surface area contributed by atoms with Crippen LogP contribution >= 0.6 is 0 Å². The molecule has 1 N–H and O–H groups in total. The lowest BCUT2D eigenvalue weighted by atomic mass is 10.1. The Balaban J connectivity index is 1.76. The molecule has 7 heteroatoms. The normalized spacial score (nSPS) is 12.6. The number of carbonyl (C=O) groups excluding carboxylic acids is 1. The lowest BCUT2D eigenvalue weighted by Gasteiger charge is -2.29. The fraction of sp³-hybridized carbons (Fsp3) is 0.143. The molecule has 1 aliphatic rings. The SMILES string of the molecule is C=CC(=O)N1CCOc2c1ccc1ncnc(NCc3ccccc3C#N)c21. The van der Waals surface area contributed by atoms with Gasteiger partial charge in [0.1, 0.15) is 18.8 Å². The van der Waals surface area contributed by atoms with E-state index in [2.05, 4.69) is 27.9 Å². The molecule has 0 spiro atoms. The van der Waals surface area contributed by atoms with E-state index in [0.717, 1.165) is 5.56 Å². The van der Waals surface area contributed by atoms with E-state index in [-0.39, 0.29) is 5.91 Å². The van der Waals surface area contributed by atoms with Gasteiger partial charge in [0.25, 0.3) is 5.91 Å². The Morgan fingerprint density at radius 2 is 2.18 bits per heavy atom. The molecule has 1 amide bonds. The molecule has 0 bridgehead atoms. The summed E-state index contributed by atoms with van der Waals surface area (Å²) in [6.07, 6.45) is 2.77. The Labute approximate surface area is 161 Å². The highest BCUT2D eigenvalue weighted by molar-refractivity contribution is 6.07. The first kappa shape index (κ1) is 17.5. The number of hydrogen-bond acceptors (Lipinski definition) is 6. The van der Waals surface area contributed by atoms with Crippen molar-refractivity contribution in [2.24, 2.45) is 0 Å². The third-order valence-corrected chi connectivity index (χ3v) is 4.61. The topological polar surface area (TPSA) is 91.1 Å². The van der Waals surface area contributed by atoms with Crippen molar-refractivity contribution in [3.8, 4) is 11.8 Å². The van der Waals surface area contributed by atoms with Gasteiger partial charge in [-0.3, -0.25) is 4.79 Å². The van der Waals surface area contributed by atoms with Gasteiger partial charge in [0.15, 0.2) is 5.75 Å². The van der Waals surface area contributed by atoms with E-state index in [1.165, 1.54) is 12.4 Å². The summed E-state index contributed by atoms with van der Waals surface area (Å²) in [6, 6.07) is 13.2. The smallest absolute Gasteiger partial charge is 0.250 e. The highest BCUT2D eigenvalue weighted by Gasteiger charge is 2.25. The molecular formula is C21H17N5O2. The monoisotopic (exact) mass is 371 g/mol. The van der Waals surface area contributed by atoms with Gasteiger partial charge in [-0.05, 0) is 29.8 Å². The van der Waals surface area contributed by atoms with Crippen molar-refractivity contribution < 1.29 is 9.53 Å². The molecule has 28 heavy (non-hydrogen) atoms. The van der Waals surface area contributed by atoms with Gasteiger partial charge in [0.05, 0.1) is 34.8 Å². The third kappa shape index (κ3) is 3.01. The first-order chi connectivity index (χ1) is 13.7. The van der Waals surface area contributed by atoms with Gasteiger partial charge in [0, 0.05) is 6.54 Å². The van der Waals surface area contributed by atoms with E-state index in [4.69, 9.17) is 4.74 Å². The lowest BCUT2D eigenvalue weighted by molar-refractivity contribution is -0.114. The molecule has 0 fully saturated rings. The molecule has 0 aliphatic carbocycles. The number of nitriles is 1. The van der Waals surface area contributed by atoms with Crippen molar-refractivity contribution in [1.29, 1.82) is 5.26 Å². The number of nitrogens with zero attached hydrogens (tertiary/aromatic N) is 4. The zero-order valence-electron chi connectivity index (χ0n) is 15.1. The molecule has 7 nitrogen and oxygen atoms in total. The van der Waals surface area contributed by atoms with Gasteiger partial charge in [-0.2, -0.15) is 5.26 Å². The molecular weight excluding hydrogens is 354 g/mol. The third-order valence-electron chi connectivity index (χ3n) is 4.61. The van der Waals surface area contributed by atoms with Gasteiger partial charge in [0.2, 0.25) is 0 Å². The Kier molecular flexibility index (Phi) is 4.60. The second kappa shape index (κ2) is 7.37. The molecule has 0 saturated carbocycles. The summed E-state index contributed by atoms with van der Waals surface area (Å²) in [4.78, 5) is 22.5. The summed E-state index contributed by atoms with van der Waals surface area (Å²) in [5.74, 6) is 0.969. The van der Waals surface area contributed by atoms with Crippen molar-refractivity contribution >= 4 is 28.3 Å². The molecule has 4 rings (SSSR count). The van der Waals surface area contributed by atoms with E-state index in [0.29, 0.717) is 53.4 Å². The van der Waals surface area contributed by atoms with E-state index < -0.39 is 0 Å². The van der Waals surface area contributed by atoms with Crippen LogP contribution in [0, 0.1) is 11.3 Å². The van der Waals surface area contributed by atoms with Crippen LogP contribution < -0.4 is 15.0 Å². The molecule has 0 unspecified atom stereocenters. The van der Waals surface area contributed by atoms with Crippen LogP contribution in [0.4, 0.5) is 11.5 Å². The maximum atomic E-state index is 12.2. The van der Waals surface area contributed by atoms with Crippen LogP contribution in [0.3, 0.4) is 0 Å². The molecule has 2 aromatic carbocycles. The zero-order chi connectivity index (χ0) is 19.5. The fourth-order valence-electron chi connectivity index (χ4n) is 3.26. The lowest BCUT2D eigenvalue weighted by Crippen LogP contribution is -2.36. The number of anilines is 2. The Morgan fingerprint density at radius 1 is 1.32 bits per heavy atom. The van der Waals surface area contributed by atoms with Crippen LogP contribution in [0.15, 0.2) is 55.4 Å². The fourth-order valence-corrected chi connectivity index (χ4v) is 3.26. The quantitative estimate of drug-likeness (QED) is 0.709. The molecule has 138 valence electrons. The number of ether oxygens (including phenoxy) is 1. The first-order valence-electron chi connectivity index (χ1n) is 8.79. The summed E-state index contributed by atoms with van der Waals surface area (Å²) in [5, 5.41) is 13.3. The van der Waals surface area contributed by atoms with Gasteiger partial charge < -0.3 is 15.0 Å². The van der Waals surface area contributed by atoms with Gasteiger partial charge in [-0.15, -0.1) is 0 Å². The number of rotatable bonds is 4. The van der Waals surface area contributed by atoms with Gasteiger partial charge >= 0.3 is 0 Å². The minimum Gasteiger partial charge on any atom is -0.489 e. The first-order valence-corrected chi connectivity index (χ1v) is 8.79. The van der Waals surface area contributed by atoms with Crippen molar-refractivity contribution in [2.45, 2.75) is 6.54 Å². The number of aromatic nitrogens is 2. The molecule has 0 radical (unpaired) electrons. The number of carbonyl (C=O) groups is 1. The van der Waals surface area contributed by atoms with Crippen molar-refractivity contribution in [3.05, 3.63) is 66.5 Å².